The summed E-state index contributed by atoms with van der Waals surface area (Å²) in [6, 6.07) is 18.0. The summed E-state index contributed by atoms with van der Waals surface area (Å²) in [5, 5.41) is 0. The van der Waals surface area contributed by atoms with Gasteiger partial charge < -0.3 is 9.80 Å². The highest BCUT2D eigenvalue weighted by Crippen LogP contribution is 2.19. The number of rotatable bonds is 7. The molecule has 1 fully saturated rings. The zero-order valence-electron chi connectivity index (χ0n) is 16.2. The summed E-state index contributed by atoms with van der Waals surface area (Å²) < 4.78 is 0. The monoisotopic (exact) mass is 364 g/mol. The fourth-order valence-corrected chi connectivity index (χ4v) is 3.49. The summed E-state index contributed by atoms with van der Waals surface area (Å²) in [4.78, 5) is 29.0. The molecule has 0 aliphatic carbocycles. The van der Waals surface area contributed by atoms with E-state index in [0.717, 1.165) is 30.5 Å². The van der Waals surface area contributed by atoms with Crippen molar-refractivity contribution >= 4 is 11.8 Å². The van der Waals surface area contributed by atoms with E-state index in [4.69, 9.17) is 0 Å². The van der Waals surface area contributed by atoms with Gasteiger partial charge in [-0.2, -0.15) is 0 Å². The first-order valence-corrected chi connectivity index (χ1v) is 9.80. The van der Waals surface area contributed by atoms with Crippen molar-refractivity contribution < 1.29 is 9.59 Å². The summed E-state index contributed by atoms with van der Waals surface area (Å²) in [5.41, 5.74) is 2.83. The average molecular weight is 364 g/mol. The van der Waals surface area contributed by atoms with E-state index in [1.54, 1.807) is 0 Å². The van der Waals surface area contributed by atoms with Crippen LogP contribution < -0.4 is 0 Å². The minimum Gasteiger partial charge on any atom is -0.338 e. The van der Waals surface area contributed by atoms with Crippen molar-refractivity contribution in [1.29, 1.82) is 0 Å². The average Bonchev–Trinajstić information content (AvgIpc) is 3.10. The Kier molecular flexibility index (Phi) is 6.28. The quantitative estimate of drug-likeness (QED) is 0.737. The third-order valence-electron chi connectivity index (χ3n) is 5.30. The number of likely N-dealkylation sites (tertiary alicyclic amines) is 1. The summed E-state index contributed by atoms with van der Waals surface area (Å²) >= 11 is 0. The van der Waals surface area contributed by atoms with Crippen molar-refractivity contribution in [1.82, 2.24) is 9.80 Å². The highest BCUT2D eigenvalue weighted by atomic mass is 16.2. The molecule has 1 aliphatic rings. The van der Waals surface area contributed by atoms with E-state index in [1.165, 1.54) is 0 Å². The van der Waals surface area contributed by atoms with Crippen LogP contribution in [0.3, 0.4) is 0 Å². The predicted molar refractivity (Wildman–Crippen MR) is 107 cm³/mol. The van der Waals surface area contributed by atoms with Gasteiger partial charge in [-0.15, -0.1) is 0 Å². The van der Waals surface area contributed by atoms with E-state index in [9.17, 15) is 9.59 Å². The Bertz CT molecular complexity index is 788. The van der Waals surface area contributed by atoms with Crippen LogP contribution in [-0.2, 0) is 17.9 Å². The van der Waals surface area contributed by atoms with Crippen LogP contribution in [0.4, 0.5) is 0 Å². The molecule has 1 unspecified atom stereocenters. The smallest absolute Gasteiger partial charge is 0.254 e. The van der Waals surface area contributed by atoms with Gasteiger partial charge >= 0.3 is 0 Å². The number of carbonyl (C=O) groups is 2. The van der Waals surface area contributed by atoms with Crippen LogP contribution in [0.2, 0.25) is 0 Å². The fourth-order valence-electron chi connectivity index (χ4n) is 3.49. The van der Waals surface area contributed by atoms with Crippen molar-refractivity contribution in [2.24, 2.45) is 0 Å². The lowest BCUT2D eigenvalue weighted by Gasteiger charge is -2.29. The Hall–Kier alpha value is -2.62. The van der Waals surface area contributed by atoms with Gasteiger partial charge in [0.2, 0.25) is 5.91 Å². The summed E-state index contributed by atoms with van der Waals surface area (Å²) in [5.74, 6) is 0.250. The number of hydrogen-bond donors (Lipinski definition) is 0. The van der Waals surface area contributed by atoms with E-state index in [0.29, 0.717) is 25.1 Å². The van der Waals surface area contributed by atoms with E-state index < -0.39 is 0 Å². The molecule has 0 aromatic heterocycles. The topological polar surface area (TPSA) is 40.6 Å². The Morgan fingerprint density at radius 2 is 1.85 bits per heavy atom. The lowest BCUT2D eigenvalue weighted by atomic mass is 10.1. The second-order valence-corrected chi connectivity index (χ2v) is 7.30. The number of hydrogen-bond acceptors (Lipinski definition) is 2. The van der Waals surface area contributed by atoms with E-state index in [1.807, 2.05) is 52.3 Å². The second-order valence-electron chi connectivity index (χ2n) is 7.30. The summed E-state index contributed by atoms with van der Waals surface area (Å²) in [7, 11) is 0. The predicted octanol–water partition coefficient (Wildman–Crippen LogP) is 4.25. The first-order valence-electron chi connectivity index (χ1n) is 9.80. The van der Waals surface area contributed by atoms with Gasteiger partial charge in [-0.05, 0) is 43.0 Å². The molecule has 4 heteroatoms. The molecular weight excluding hydrogens is 336 g/mol. The normalized spacial score (nSPS) is 15.0. The van der Waals surface area contributed by atoms with E-state index >= 15 is 0 Å². The van der Waals surface area contributed by atoms with Gasteiger partial charge in [-0.3, -0.25) is 9.59 Å². The molecule has 2 aromatic rings. The van der Waals surface area contributed by atoms with Gasteiger partial charge in [0, 0.05) is 37.7 Å². The van der Waals surface area contributed by atoms with Crippen molar-refractivity contribution in [3.63, 3.8) is 0 Å². The number of benzene rings is 2. The molecule has 1 aliphatic heterocycles. The van der Waals surface area contributed by atoms with Gasteiger partial charge in [-0.25, -0.2) is 0 Å². The lowest BCUT2D eigenvalue weighted by Crippen LogP contribution is -2.37. The summed E-state index contributed by atoms with van der Waals surface area (Å²) in [6.07, 6.45) is 2.47. The Morgan fingerprint density at radius 3 is 2.52 bits per heavy atom. The molecule has 142 valence electrons. The van der Waals surface area contributed by atoms with Crippen molar-refractivity contribution in [3.05, 3.63) is 71.3 Å². The molecule has 1 atom stereocenters. The van der Waals surface area contributed by atoms with Crippen LogP contribution in [0.15, 0.2) is 54.6 Å². The molecule has 1 heterocycles. The maximum Gasteiger partial charge on any atom is 0.254 e. The molecule has 27 heavy (non-hydrogen) atoms. The van der Waals surface area contributed by atoms with Crippen molar-refractivity contribution in [3.8, 4) is 0 Å². The SMILES string of the molecule is CCC(C)N(Cc1ccccc1)C(=O)c1cccc(CN2CCCC2=O)c1. The minimum atomic E-state index is 0.0443. The number of carbonyl (C=O) groups excluding carboxylic acids is 2. The third kappa shape index (κ3) is 4.76. The maximum atomic E-state index is 13.2. The van der Waals surface area contributed by atoms with Crippen LogP contribution >= 0.6 is 0 Å². The van der Waals surface area contributed by atoms with Gasteiger partial charge in [0.25, 0.3) is 5.91 Å². The zero-order valence-corrected chi connectivity index (χ0v) is 16.2. The Labute approximate surface area is 161 Å². The van der Waals surface area contributed by atoms with Crippen LogP contribution in [0, 0.1) is 0 Å². The van der Waals surface area contributed by atoms with Crippen LogP contribution in [0.5, 0.6) is 0 Å². The molecule has 0 N–H and O–H groups in total. The first-order chi connectivity index (χ1) is 13.1. The molecule has 0 radical (unpaired) electrons. The van der Waals surface area contributed by atoms with E-state index in [-0.39, 0.29) is 17.9 Å². The number of amides is 2. The highest BCUT2D eigenvalue weighted by Gasteiger charge is 2.23. The molecule has 2 aromatic carbocycles. The van der Waals surface area contributed by atoms with Crippen LogP contribution in [-0.4, -0.2) is 34.2 Å². The molecular formula is C23H28N2O2. The van der Waals surface area contributed by atoms with Crippen molar-refractivity contribution in [2.75, 3.05) is 6.54 Å². The fraction of sp³-hybridized carbons (Fsp3) is 0.391. The second kappa shape index (κ2) is 8.85. The lowest BCUT2D eigenvalue weighted by molar-refractivity contribution is -0.128. The molecule has 1 saturated heterocycles. The Morgan fingerprint density at radius 1 is 1.11 bits per heavy atom. The maximum absolute atomic E-state index is 13.2. The Balaban J connectivity index is 1.78. The van der Waals surface area contributed by atoms with Crippen LogP contribution in [0.25, 0.3) is 0 Å². The van der Waals surface area contributed by atoms with Crippen LogP contribution in [0.1, 0.15) is 54.6 Å². The third-order valence-corrected chi connectivity index (χ3v) is 5.30. The summed E-state index contributed by atoms with van der Waals surface area (Å²) in [6.45, 7) is 6.19. The minimum absolute atomic E-state index is 0.0443. The van der Waals surface area contributed by atoms with Gasteiger partial charge in [0.1, 0.15) is 0 Å². The molecule has 0 spiro atoms. The highest BCUT2D eigenvalue weighted by molar-refractivity contribution is 5.94. The largest absolute Gasteiger partial charge is 0.338 e. The molecule has 0 bridgehead atoms. The molecule has 3 rings (SSSR count). The van der Waals surface area contributed by atoms with Gasteiger partial charge in [0.15, 0.2) is 0 Å². The van der Waals surface area contributed by atoms with Crippen molar-refractivity contribution in [2.45, 2.75) is 52.2 Å². The standard InChI is InChI=1S/C23H28N2O2/c1-3-18(2)25(17-19-9-5-4-6-10-19)23(27)21-12-7-11-20(15-21)16-24-14-8-13-22(24)26/h4-7,9-12,15,18H,3,8,13-14,16-17H2,1-2H3. The molecule has 0 saturated carbocycles. The van der Waals surface area contributed by atoms with E-state index in [2.05, 4.69) is 26.0 Å². The first kappa shape index (κ1) is 19.2. The molecule has 4 nitrogen and oxygen atoms in total. The van der Waals surface area contributed by atoms with Gasteiger partial charge in [-0.1, -0.05) is 49.4 Å². The zero-order chi connectivity index (χ0) is 19.2. The van der Waals surface area contributed by atoms with Gasteiger partial charge in [0.05, 0.1) is 0 Å². The molecule has 2 amide bonds. The number of nitrogens with zero attached hydrogens (tertiary/aromatic N) is 2.